The Morgan fingerprint density at radius 3 is 2.74 bits per heavy atom. The van der Waals surface area contributed by atoms with E-state index in [1.54, 1.807) is 23.1 Å². The molecule has 3 aromatic rings. The molecule has 1 saturated heterocycles. The van der Waals surface area contributed by atoms with Crippen LogP contribution in [-0.4, -0.2) is 37.5 Å². The molecule has 0 saturated carbocycles. The highest BCUT2D eigenvalue weighted by Gasteiger charge is 2.35. The summed E-state index contributed by atoms with van der Waals surface area (Å²) in [4.78, 5) is 20.5. The van der Waals surface area contributed by atoms with Crippen LogP contribution in [0.25, 0.3) is 10.9 Å². The summed E-state index contributed by atoms with van der Waals surface area (Å²) >= 11 is 0.832. The van der Waals surface area contributed by atoms with Gasteiger partial charge in [-0.2, -0.15) is 13.2 Å². The van der Waals surface area contributed by atoms with Crippen molar-refractivity contribution in [2.24, 2.45) is 0 Å². The fourth-order valence-electron chi connectivity index (χ4n) is 2.71. The SMILES string of the molecule is O=C1CCCN1Cc1nnc(Sc2nc(C(F)(F)F)nc3ccccc23)o1. The van der Waals surface area contributed by atoms with Gasteiger partial charge in [-0.3, -0.25) is 4.79 Å². The highest BCUT2D eigenvalue weighted by atomic mass is 32.2. The summed E-state index contributed by atoms with van der Waals surface area (Å²) in [7, 11) is 0. The van der Waals surface area contributed by atoms with E-state index in [9.17, 15) is 18.0 Å². The van der Waals surface area contributed by atoms with E-state index in [-0.39, 0.29) is 34.1 Å². The van der Waals surface area contributed by atoms with Crippen molar-refractivity contribution < 1.29 is 22.4 Å². The molecule has 0 aliphatic carbocycles. The minimum atomic E-state index is -4.67. The summed E-state index contributed by atoms with van der Waals surface area (Å²) in [6, 6.07) is 6.38. The molecule has 0 spiro atoms. The number of carbonyl (C=O) groups excluding carboxylic acids is 1. The quantitative estimate of drug-likeness (QED) is 0.627. The monoisotopic (exact) mass is 395 g/mol. The number of halogens is 3. The van der Waals surface area contributed by atoms with Crippen molar-refractivity contribution in [3.05, 3.63) is 36.0 Å². The molecule has 1 aromatic carbocycles. The number of rotatable bonds is 4. The third kappa shape index (κ3) is 3.72. The molecule has 1 amide bonds. The molecular weight excluding hydrogens is 383 g/mol. The Balaban J connectivity index is 1.62. The van der Waals surface area contributed by atoms with Crippen LogP contribution in [-0.2, 0) is 17.5 Å². The van der Waals surface area contributed by atoms with Gasteiger partial charge in [-0.15, -0.1) is 10.2 Å². The zero-order valence-electron chi connectivity index (χ0n) is 13.7. The van der Waals surface area contributed by atoms with E-state index in [4.69, 9.17) is 4.42 Å². The molecular formula is C16H12F3N5O2S. The molecule has 1 aliphatic rings. The average Bonchev–Trinajstić information content (AvgIpc) is 3.24. The predicted octanol–water partition coefficient (Wildman–Crippen LogP) is 3.31. The van der Waals surface area contributed by atoms with E-state index in [2.05, 4.69) is 20.2 Å². The van der Waals surface area contributed by atoms with E-state index in [1.807, 2.05) is 0 Å². The third-order valence-corrected chi connectivity index (χ3v) is 4.80. The zero-order chi connectivity index (χ0) is 19.0. The molecule has 0 atom stereocenters. The van der Waals surface area contributed by atoms with Gasteiger partial charge in [0.15, 0.2) is 0 Å². The number of hydrogen-bond acceptors (Lipinski definition) is 7. The first-order chi connectivity index (χ1) is 12.9. The molecule has 7 nitrogen and oxygen atoms in total. The van der Waals surface area contributed by atoms with Crippen molar-refractivity contribution >= 4 is 28.6 Å². The van der Waals surface area contributed by atoms with Crippen LogP contribution in [0.15, 0.2) is 38.9 Å². The van der Waals surface area contributed by atoms with Crippen LogP contribution < -0.4 is 0 Å². The van der Waals surface area contributed by atoms with E-state index in [0.29, 0.717) is 18.4 Å². The summed E-state index contributed by atoms with van der Waals surface area (Å²) in [6.45, 7) is 0.805. The Morgan fingerprint density at radius 2 is 2.00 bits per heavy atom. The molecule has 0 radical (unpaired) electrons. The van der Waals surface area contributed by atoms with Gasteiger partial charge < -0.3 is 9.32 Å². The first-order valence-electron chi connectivity index (χ1n) is 8.02. The van der Waals surface area contributed by atoms with Gasteiger partial charge in [0.05, 0.1) is 12.1 Å². The van der Waals surface area contributed by atoms with Crippen molar-refractivity contribution in [1.82, 2.24) is 25.1 Å². The Hall–Kier alpha value is -2.69. The lowest BCUT2D eigenvalue weighted by molar-refractivity contribution is -0.145. The fraction of sp³-hybridized carbons (Fsp3) is 0.312. The Morgan fingerprint density at radius 1 is 1.19 bits per heavy atom. The minimum Gasteiger partial charge on any atom is -0.414 e. The maximum Gasteiger partial charge on any atom is 0.451 e. The molecule has 1 fully saturated rings. The third-order valence-electron chi connectivity index (χ3n) is 3.95. The second-order valence-electron chi connectivity index (χ2n) is 5.85. The van der Waals surface area contributed by atoms with Gasteiger partial charge in [-0.1, -0.05) is 18.2 Å². The summed E-state index contributed by atoms with van der Waals surface area (Å²) in [5, 5.41) is 8.28. The minimum absolute atomic E-state index is 0.0130. The van der Waals surface area contributed by atoms with Gasteiger partial charge in [0, 0.05) is 18.4 Å². The number of fused-ring (bicyclic) bond motifs is 1. The molecule has 3 heterocycles. The lowest BCUT2D eigenvalue weighted by atomic mass is 10.2. The predicted molar refractivity (Wildman–Crippen MR) is 87.6 cm³/mol. The maximum atomic E-state index is 13.1. The maximum absolute atomic E-state index is 13.1. The van der Waals surface area contributed by atoms with E-state index in [0.717, 1.165) is 18.2 Å². The van der Waals surface area contributed by atoms with Crippen LogP contribution in [0.4, 0.5) is 13.2 Å². The van der Waals surface area contributed by atoms with Crippen LogP contribution in [0.5, 0.6) is 0 Å². The van der Waals surface area contributed by atoms with E-state index >= 15 is 0 Å². The molecule has 4 rings (SSSR count). The van der Waals surface area contributed by atoms with E-state index in [1.165, 1.54) is 6.07 Å². The lowest BCUT2D eigenvalue weighted by Crippen LogP contribution is -2.23. The second-order valence-corrected chi connectivity index (χ2v) is 6.79. The van der Waals surface area contributed by atoms with Crippen LogP contribution in [0.3, 0.4) is 0 Å². The summed E-state index contributed by atoms with van der Waals surface area (Å²) in [6.07, 6.45) is -3.40. The standard InChI is InChI=1S/C16H12F3N5O2S/c17-16(18,19)14-20-10-5-2-1-4-9(10)13(21-14)27-15-23-22-11(26-15)8-24-7-3-6-12(24)25/h1-2,4-5H,3,6-8H2. The normalized spacial score (nSPS) is 15.1. The van der Waals surface area contributed by atoms with Gasteiger partial charge in [0.2, 0.25) is 17.6 Å². The molecule has 2 aromatic heterocycles. The first-order valence-corrected chi connectivity index (χ1v) is 8.84. The van der Waals surface area contributed by atoms with E-state index < -0.39 is 12.0 Å². The molecule has 0 N–H and O–H groups in total. The van der Waals surface area contributed by atoms with Crippen LogP contribution in [0.2, 0.25) is 0 Å². The Bertz CT molecular complexity index is 1010. The summed E-state index contributed by atoms with van der Waals surface area (Å²) in [5.41, 5.74) is 0.171. The first kappa shape index (κ1) is 17.7. The molecule has 0 bridgehead atoms. The van der Waals surface area contributed by atoms with Crippen molar-refractivity contribution in [3.8, 4) is 0 Å². The largest absolute Gasteiger partial charge is 0.451 e. The number of benzene rings is 1. The van der Waals surface area contributed by atoms with Gasteiger partial charge >= 0.3 is 6.18 Å². The number of nitrogens with zero attached hydrogens (tertiary/aromatic N) is 5. The van der Waals surface area contributed by atoms with Crippen molar-refractivity contribution in [1.29, 1.82) is 0 Å². The lowest BCUT2D eigenvalue weighted by Gasteiger charge is -2.11. The molecule has 0 unspecified atom stereocenters. The van der Waals surface area contributed by atoms with Gasteiger partial charge in [-0.25, -0.2) is 9.97 Å². The second kappa shape index (κ2) is 6.80. The average molecular weight is 395 g/mol. The number of amides is 1. The number of alkyl halides is 3. The topological polar surface area (TPSA) is 85.0 Å². The van der Waals surface area contributed by atoms with Crippen LogP contribution >= 0.6 is 11.8 Å². The molecule has 140 valence electrons. The van der Waals surface area contributed by atoms with Crippen LogP contribution in [0, 0.1) is 0 Å². The highest BCUT2D eigenvalue weighted by Crippen LogP contribution is 2.34. The molecule has 11 heteroatoms. The summed E-state index contributed by atoms with van der Waals surface area (Å²) < 4.78 is 44.7. The smallest absolute Gasteiger partial charge is 0.414 e. The van der Waals surface area contributed by atoms with Gasteiger partial charge in [-0.05, 0) is 24.2 Å². The Kier molecular flexibility index (Phi) is 4.46. The van der Waals surface area contributed by atoms with Gasteiger partial charge in [0.1, 0.15) is 5.03 Å². The molecule has 1 aliphatic heterocycles. The van der Waals surface area contributed by atoms with Crippen molar-refractivity contribution in [2.75, 3.05) is 6.54 Å². The van der Waals surface area contributed by atoms with Crippen molar-refractivity contribution in [3.63, 3.8) is 0 Å². The number of aromatic nitrogens is 4. The molecule has 27 heavy (non-hydrogen) atoms. The van der Waals surface area contributed by atoms with Gasteiger partial charge in [0.25, 0.3) is 5.22 Å². The zero-order valence-corrected chi connectivity index (χ0v) is 14.5. The highest BCUT2D eigenvalue weighted by molar-refractivity contribution is 7.99. The number of likely N-dealkylation sites (tertiary alicyclic amines) is 1. The fourth-order valence-corrected chi connectivity index (χ4v) is 3.51. The Labute approximate surface area is 155 Å². The summed E-state index contributed by atoms with van der Waals surface area (Å²) in [5.74, 6) is -0.993. The number of hydrogen-bond donors (Lipinski definition) is 0. The number of carbonyl (C=O) groups is 1. The van der Waals surface area contributed by atoms with Crippen LogP contribution in [0.1, 0.15) is 24.6 Å². The number of para-hydroxylation sites is 1. The van der Waals surface area contributed by atoms with Crippen molar-refractivity contribution in [2.45, 2.75) is 35.8 Å².